The predicted molar refractivity (Wildman–Crippen MR) is 70.3 cm³/mol. The van der Waals surface area contributed by atoms with Gasteiger partial charge >= 0.3 is 6.18 Å². The molecule has 1 saturated heterocycles. The molecule has 6 heteroatoms. The van der Waals surface area contributed by atoms with Crippen LogP contribution in [0.4, 0.5) is 13.2 Å². The molecule has 2 N–H and O–H groups in total. The zero-order valence-corrected chi connectivity index (χ0v) is 11.1. The summed E-state index contributed by atoms with van der Waals surface area (Å²) < 4.78 is 43.0. The average Bonchev–Trinajstić information content (AvgIpc) is 2.89. The van der Waals surface area contributed by atoms with E-state index in [0.29, 0.717) is 5.92 Å². The highest BCUT2D eigenvalue weighted by molar-refractivity contribution is 7.99. The van der Waals surface area contributed by atoms with Gasteiger partial charge in [-0.15, -0.1) is 0 Å². The Bertz CT molecular complexity index is 419. The van der Waals surface area contributed by atoms with Crippen molar-refractivity contribution in [3.05, 3.63) is 29.8 Å². The van der Waals surface area contributed by atoms with Gasteiger partial charge < -0.3 is 10.5 Å². The lowest BCUT2D eigenvalue weighted by Gasteiger charge is -2.19. The second kappa shape index (κ2) is 6.05. The first kappa shape index (κ1) is 14.5. The van der Waals surface area contributed by atoms with Crippen molar-refractivity contribution in [2.24, 2.45) is 11.7 Å². The zero-order chi connectivity index (χ0) is 13.9. The second-order valence-electron chi connectivity index (χ2n) is 4.62. The molecule has 0 aromatic heterocycles. The van der Waals surface area contributed by atoms with Gasteiger partial charge in [-0.25, -0.2) is 0 Å². The molecule has 0 radical (unpaired) electrons. The first-order valence-electron chi connectivity index (χ1n) is 6.10. The third-order valence-electron chi connectivity index (χ3n) is 3.17. The topological polar surface area (TPSA) is 35.2 Å². The van der Waals surface area contributed by atoms with Crippen LogP contribution in [-0.4, -0.2) is 24.2 Å². The number of ether oxygens (including phenoxy) is 1. The maximum absolute atomic E-state index is 12.5. The van der Waals surface area contributed by atoms with Gasteiger partial charge in [0.2, 0.25) is 0 Å². The highest BCUT2D eigenvalue weighted by Crippen LogP contribution is 2.31. The van der Waals surface area contributed by atoms with Gasteiger partial charge in [0.25, 0.3) is 0 Å². The summed E-state index contributed by atoms with van der Waals surface area (Å²) in [5, 5.41) is 0. The van der Waals surface area contributed by atoms with E-state index in [1.807, 2.05) is 11.8 Å². The molecule has 1 aliphatic heterocycles. The van der Waals surface area contributed by atoms with Crippen LogP contribution in [0.1, 0.15) is 12.0 Å². The van der Waals surface area contributed by atoms with Gasteiger partial charge in [0, 0.05) is 6.04 Å². The van der Waals surface area contributed by atoms with E-state index in [2.05, 4.69) is 0 Å². The molecule has 0 bridgehead atoms. The molecular formula is C13H16F3NOS. The fraction of sp³-hybridized carbons (Fsp3) is 0.538. The summed E-state index contributed by atoms with van der Waals surface area (Å²) in [6.45, 7) is 0.256. The summed E-state index contributed by atoms with van der Waals surface area (Å²) in [4.78, 5) is 0. The molecule has 106 valence electrons. The number of alkyl halides is 3. The molecule has 2 atom stereocenters. The van der Waals surface area contributed by atoms with E-state index in [1.165, 1.54) is 12.1 Å². The van der Waals surface area contributed by atoms with Crippen molar-refractivity contribution in [1.82, 2.24) is 0 Å². The molecule has 1 fully saturated rings. The standard InChI is InChI=1S/C13H16F3NOS/c14-13(15,16)10-2-1-3-11(6-10)18-7-12(17)9-4-5-19-8-9/h1-3,6,9,12H,4-5,7-8,17H2. The largest absolute Gasteiger partial charge is 0.492 e. The molecule has 2 nitrogen and oxygen atoms in total. The zero-order valence-electron chi connectivity index (χ0n) is 10.3. The molecule has 2 rings (SSSR count). The molecule has 0 aliphatic carbocycles. The van der Waals surface area contributed by atoms with Crippen LogP contribution in [0.5, 0.6) is 5.75 Å². The first-order valence-corrected chi connectivity index (χ1v) is 7.25. The number of thioether (sulfide) groups is 1. The van der Waals surface area contributed by atoms with E-state index < -0.39 is 11.7 Å². The summed E-state index contributed by atoms with van der Waals surface area (Å²) >= 11 is 1.85. The molecule has 0 spiro atoms. The number of hydrogen-bond acceptors (Lipinski definition) is 3. The normalized spacial score (nSPS) is 21.4. The Balaban J connectivity index is 1.92. The van der Waals surface area contributed by atoms with E-state index in [1.54, 1.807) is 0 Å². The molecule has 19 heavy (non-hydrogen) atoms. The van der Waals surface area contributed by atoms with Crippen LogP contribution < -0.4 is 10.5 Å². The highest BCUT2D eigenvalue weighted by Gasteiger charge is 2.30. The van der Waals surface area contributed by atoms with Crippen LogP contribution in [0.25, 0.3) is 0 Å². The molecule has 2 unspecified atom stereocenters. The van der Waals surface area contributed by atoms with Crippen molar-refractivity contribution in [2.75, 3.05) is 18.1 Å². The van der Waals surface area contributed by atoms with Crippen molar-refractivity contribution in [3.63, 3.8) is 0 Å². The lowest BCUT2D eigenvalue weighted by atomic mass is 10.0. The van der Waals surface area contributed by atoms with E-state index >= 15 is 0 Å². The molecule has 1 aliphatic rings. The number of benzene rings is 1. The van der Waals surface area contributed by atoms with Gasteiger partial charge in [-0.3, -0.25) is 0 Å². The summed E-state index contributed by atoms with van der Waals surface area (Å²) in [5.41, 5.74) is 5.29. The van der Waals surface area contributed by atoms with Crippen LogP contribution in [0.3, 0.4) is 0 Å². The van der Waals surface area contributed by atoms with Gasteiger partial charge in [-0.05, 0) is 42.0 Å². The lowest BCUT2D eigenvalue weighted by molar-refractivity contribution is -0.137. The van der Waals surface area contributed by atoms with E-state index in [9.17, 15) is 13.2 Å². The Hall–Kier alpha value is -0.880. The molecule has 1 aromatic carbocycles. The fourth-order valence-corrected chi connectivity index (χ4v) is 3.33. The molecule has 1 aromatic rings. The Morgan fingerprint density at radius 1 is 1.42 bits per heavy atom. The molecule has 0 amide bonds. The number of nitrogens with two attached hydrogens (primary N) is 1. The van der Waals surface area contributed by atoms with Crippen molar-refractivity contribution in [3.8, 4) is 5.75 Å². The maximum Gasteiger partial charge on any atom is 0.416 e. The van der Waals surface area contributed by atoms with Gasteiger partial charge in [0.05, 0.1) is 5.56 Å². The van der Waals surface area contributed by atoms with Crippen molar-refractivity contribution >= 4 is 11.8 Å². The minimum atomic E-state index is -4.34. The Labute approximate surface area is 114 Å². The summed E-state index contributed by atoms with van der Waals surface area (Å²) in [7, 11) is 0. The minimum absolute atomic E-state index is 0.121. The van der Waals surface area contributed by atoms with E-state index in [4.69, 9.17) is 10.5 Å². The average molecular weight is 291 g/mol. The Morgan fingerprint density at radius 2 is 2.21 bits per heavy atom. The summed E-state index contributed by atoms with van der Waals surface area (Å²) in [6, 6.07) is 4.78. The first-order chi connectivity index (χ1) is 8.97. The Kier molecular flexibility index (Phi) is 4.62. The third kappa shape index (κ3) is 4.04. The van der Waals surface area contributed by atoms with Crippen LogP contribution in [0, 0.1) is 5.92 Å². The van der Waals surface area contributed by atoms with Gasteiger partial charge in [0.15, 0.2) is 0 Å². The fourth-order valence-electron chi connectivity index (χ4n) is 1.98. The van der Waals surface area contributed by atoms with Crippen molar-refractivity contribution < 1.29 is 17.9 Å². The quantitative estimate of drug-likeness (QED) is 0.925. The smallest absolute Gasteiger partial charge is 0.416 e. The van der Waals surface area contributed by atoms with Gasteiger partial charge in [0.1, 0.15) is 12.4 Å². The SMILES string of the molecule is NC(COc1cccc(C(F)(F)F)c1)C1CCSC1. The third-order valence-corrected chi connectivity index (χ3v) is 4.36. The van der Waals surface area contributed by atoms with Crippen LogP contribution in [0.2, 0.25) is 0 Å². The van der Waals surface area contributed by atoms with Crippen molar-refractivity contribution in [1.29, 1.82) is 0 Å². The minimum Gasteiger partial charge on any atom is -0.492 e. The highest BCUT2D eigenvalue weighted by atomic mass is 32.2. The summed E-state index contributed by atoms with van der Waals surface area (Å²) in [5.74, 6) is 2.72. The predicted octanol–water partition coefficient (Wildman–Crippen LogP) is 3.16. The Morgan fingerprint density at radius 3 is 2.84 bits per heavy atom. The molecule has 0 saturated carbocycles. The second-order valence-corrected chi connectivity index (χ2v) is 5.77. The van der Waals surface area contributed by atoms with Crippen LogP contribution in [-0.2, 0) is 6.18 Å². The summed E-state index contributed by atoms with van der Waals surface area (Å²) in [6.07, 6.45) is -3.29. The van der Waals surface area contributed by atoms with Crippen LogP contribution >= 0.6 is 11.8 Å². The maximum atomic E-state index is 12.5. The van der Waals surface area contributed by atoms with E-state index in [0.717, 1.165) is 30.1 Å². The monoisotopic (exact) mass is 291 g/mol. The van der Waals surface area contributed by atoms with Crippen molar-refractivity contribution in [2.45, 2.75) is 18.6 Å². The number of halogens is 3. The molecular weight excluding hydrogens is 275 g/mol. The molecule has 1 heterocycles. The van der Waals surface area contributed by atoms with Crippen LogP contribution in [0.15, 0.2) is 24.3 Å². The van der Waals surface area contributed by atoms with E-state index in [-0.39, 0.29) is 18.4 Å². The van der Waals surface area contributed by atoms with Gasteiger partial charge in [-0.1, -0.05) is 6.07 Å². The van der Waals surface area contributed by atoms with Gasteiger partial charge in [-0.2, -0.15) is 24.9 Å². The lowest BCUT2D eigenvalue weighted by Crippen LogP contribution is -2.36. The number of hydrogen-bond donors (Lipinski definition) is 1. The number of rotatable bonds is 4.